The molecule has 0 saturated heterocycles. The van der Waals surface area contributed by atoms with Gasteiger partial charge in [0.05, 0.1) is 16.8 Å². The van der Waals surface area contributed by atoms with E-state index in [4.69, 9.17) is 32.7 Å². The minimum atomic E-state index is -0.646. The number of carbonyl (C=O) groups is 2. The second-order valence-electron chi connectivity index (χ2n) is 7.61. The highest BCUT2D eigenvalue weighted by Crippen LogP contribution is 2.29. The number of esters is 1. The molecule has 0 heterocycles. The van der Waals surface area contributed by atoms with Gasteiger partial charge in [-0.1, -0.05) is 71.2 Å². The molecule has 1 N–H and O–H groups in total. The van der Waals surface area contributed by atoms with Crippen LogP contribution in [0.4, 0.5) is 0 Å². The lowest BCUT2D eigenvalue weighted by Crippen LogP contribution is -2.24. The van der Waals surface area contributed by atoms with E-state index >= 15 is 0 Å². The lowest BCUT2D eigenvalue weighted by molar-refractivity contribution is -0.123. The maximum Gasteiger partial charge on any atom is 0.345 e. The standard InChI is InChI=1S/C27H20Cl2N2O4/c1-17-6-10-20(11-7-17)34-16-26(32)31-30-15-23-21-5-3-2-4-18(21)8-13-25(23)35-27(33)22-12-9-19(28)14-24(22)29/h2-15H,16H2,1H3,(H,31,32)/b30-15-. The molecule has 0 saturated carbocycles. The Kier molecular flexibility index (Phi) is 7.65. The Bertz CT molecular complexity index is 1420. The van der Waals surface area contributed by atoms with Crippen molar-refractivity contribution in [1.82, 2.24) is 5.43 Å². The SMILES string of the molecule is Cc1ccc(OCC(=O)N/N=C\c2c(OC(=O)c3ccc(Cl)cc3Cl)ccc3ccccc23)cc1. The highest BCUT2D eigenvalue weighted by molar-refractivity contribution is 6.36. The van der Waals surface area contributed by atoms with Gasteiger partial charge in [0, 0.05) is 10.6 Å². The predicted octanol–water partition coefficient (Wildman–Crippen LogP) is 6.20. The van der Waals surface area contributed by atoms with Crippen LogP contribution in [0.25, 0.3) is 10.8 Å². The minimum absolute atomic E-state index is 0.175. The van der Waals surface area contributed by atoms with Gasteiger partial charge in [0.1, 0.15) is 11.5 Å². The van der Waals surface area contributed by atoms with Gasteiger partial charge in [-0.25, -0.2) is 10.2 Å². The molecule has 4 aromatic rings. The Morgan fingerprint density at radius 2 is 1.74 bits per heavy atom. The number of fused-ring (bicyclic) bond motifs is 1. The number of rotatable bonds is 7. The molecule has 8 heteroatoms. The third-order valence-corrected chi connectivity index (χ3v) is 5.61. The molecule has 0 aliphatic heterocycles. The van der Waals surface area contributed by atoms with Crippen molar-refractivity contribution in [3.63, 3.8) is 0 Å². The van der Waals surface area contributed by atoms with Crippen LogP contribution in [-0.2, 0) is 4.79 Å². The highest BCUT2D eigenvalue weighted by Gasteiger charge is 2.16. The summed E-state index contributed by atoms with van der Waals surface area (Å²) in [6.45, 7) is 1.76. The van der Waals surface area contributed by atoms with Gasteiger partial charge < -0.3 is 9.47 Å². The highest BCUT2D eigenvalue weighted by atomic mass is 35.5. The summed E-state index contributed by atoms with van der Waals surface area (Å²) in [5.41, 5.74) is 4.22. The van der Waals surface area contributed by atoms with E-state index in [0.29, 0.717) is 16.3 Å². The van der Waals surface area contributed by atoms with Crippen LogP contribution < -0.4 is 14.9 Å². The first-order valence-electron chi connectivity index (χ1n) is 10.6. The first kappa shape index (κ1) is 24.3. The summed E-state index contributed by atoms with van der Waals surface area (Å²) in [6, 6.07) is 22.9. The number of hydrogen-bond acceptors (Lipinski definition) is 5. The van der Waals surface area contributed by atoms with Gasteiger partial charge in [0.15, 0.2) is 6.61 Å². The number of ether oxygens (including phenoxy) is 2. The average molecular weight is 507 g/mol. The third-order valence-electron chi connectivity index (χ3n) is 5.06. The van der Waals surface area contributed by atoms with E-state index in [2.05, 4.69) is 10.5 Å². The molecule has 35 heavy (non-hydrogen) atoms. The quantitative estimate of drug-likeness (QED) is 0.140. The van der Waals surface area contributed by atoms with Crippen LogP contribution >= 0.6 is 23.2 Å². The van der Waals surface area contributed by atoms with Gasteiger partial charge in [0.2, 0.25) is 0 Å². The summed E-state index contributed by atoms with van der Waals surface area (Å²) in [5, 5.41) is 6.33. The molecule has 0 fully saturated rings. The molecule has 0 bridgehead atoms. The third kappa shape index (κ3) is 6.18. The number of nitrogens with one attached hydrogen (secondary N) is 1. The number of hydrazone groups is 1. The van der Waals surface area contributed by atoms with Crippen LogP contribution in [0, 0.1) is 6.92 Å². The lowest BCUT2D eigenvalue weighted by Gasteiger charge is -2.11. The molecule has 1 amide bonds. The fourth-order valence-corrected chi connectivity index (χ4v) is 3.78. The summed E-state index contributed by atoms with van der Waals surface area (Å²) in [6.07, 6.45) is 1.43. The molecule has 0 unspecified atom stereocenters. The van der Waals surface area contributed by atoms with Crippen LogP contribution in [0.1, 0.15) is 21.5 Å². The van der Waals surface area contributed by atoms with Gasteiger partial charge >= 0.3 is 5.97 Å². The molecular formula is C27H20Cl2N2O4. The van der Waals surface area contributed by atoms with Crippen molar-refractivity contribution in [1.29, 1.82) is 0 Å². The topological polar surface area (TPSA) is 77.0 Å². The molecule has 4 rings (SSSR count). The smallest absolute Gasteiger partial charge is 0.345 e. The molecule has 0 spiro atoms. The molecule has 4 aromatic carbocycles. The van der Waals surface area contributed by atoms with Crippen molar-refractivity contribution >= 4 is 52.1 Å². The van der Waals surface area contributed by atoms with Crippen molar-refractivity contribution in [3.05, 3.63) is 106 Å². The average Bonchev–Trinajstić information content (AvgIpc) is 2.84. The summed E-state index contributed by atoms with van der Waals surface area (Å²) in [5.74, 6) is -0.242. The minimum Gasteiger partial charge on any atom is -0.484 e. The number of benzene rings is 4. The first-order valence-corrected chi connectivity index (χ1v) is 11.4. The second kappa shape index (κ2) is 11.0. The molecular weight excluding hydrogens is 487 g/mol. The van der Waals surface area contributed by atoms with Crippen LogP contribution in [0.5, 0.6) is 11.5 Å². The van der Waals surface area contributed by atoms with Crippen molar-refractivity contribution in [2.75, 3.05) is 6.61 Å². The van der Waals surface area contributed by atoms with Crippen molar-refractivity contribution in [2.45, 2.75) is 6.92 Å². The molecule has 6 nitrogen and oxygen atoms in total. The number of amides is 1. The van der Waals surface area contributed by atoms with E-state index in [-0.39, 0.29) is 22.9 Å². The number of nitrogens with zero attached hydrogens (tertiary/aromatic N) is 1. The Morgan fingerprint density at radius 1 is 0.971 bits per heavy atom. The number of hydrogen-bond donors (Lipinski definition) is 1. The van der Waals surface area contributed by atoms with E-state index in [9.17, 15) is 9.59 Å². The normalized spacial score (nSPS) is 10.9. The van der Waals surface area contributed by atoms with Gasteiger partial charge in [-0.15, -0.1) is 0 Å². The zero-order chi connectivity index (χ0) is 24.8. The summed E-state index contributed by atoms with van der Waals surface area (Å²) < 4.78 is 11.1. The predicted molar refractivity (Wildman–Crippen MR) is 138 cm³/mol. The molecule has 0 aliphatic rings. The maximum absolute atomic E-state index is 12.8. The summed E-state index contributed by atoms with van der Waals surface area (Å²) in [7, 11) is 0. The number of carbonyl (C=O) groups excluding carboxylic acids is 2. The zero-order valence-corrected chi connectivity index (χ0v) is 20.1. The van der Waals surface area contributed by atoms with E-state index < -0.39 is 11.9 Å². The Hall–Kier alpha value is -3.87. The Labute approximate surface area is 212 Å². The molecule has 0 atom stereocenters. The van der Waals surface area contributed by atoms with Gasteiger partial charge in [-0.2, -0.15) is 5.10 Å². The summed E-state index contributed by atoms with van der Waals surface area (Å²) >= 11 is 12.1. The van der Waals surface area contributed by atoms with Gasteiger partial charge in [-0.3, -0.25) is 4.79 Å². The second-order valence-corrected chi connectivity index (χ2v) is 8.45. The fourth-order valence-electron chi connectivity index (χ4n) is 3.29. The van der Waals surface area contributed by atoms with Crippen molar-refractivity contribution in [3.8, 4) is 11.5 Å². The van der Waals surface area contributed by atoms with Crippen LogP contribution in [-0.4, -0.2) is 24.7 Å². The monoisotopic (exact) mass is 506 g/mol. The van der Waals surface area contributed by atoms with E-state index in [1.165, 1.54) is 18.3 Å². The zero-order valence-electron chi connectivity index (χ0n) is 18.6. The van der Waals surface area contributed by atoms with Gasteiger partial charge in [0.25, 0.3) is 5.91 Å². The van der Waals surface area contributed by atoms with Crippen LogP contribution in [0.2, 0.25) is 10.0 Å². The van der Waals surface area contributed by atoms with Crippen LogP contribution in [0.15, 0.2) is 84.0 Å². The molecule has 0 aliphatic carbocycles. The molecule has 0 radical (unpaired) electrons. The maximum atomic E-state index is 12.8. The Balaban J connectivity index is 1.52. The Morgan fingerprint density at radius 3 is 2.51 bits per heavy atom. The lowest BCUT2D eigenvalue weighted by atomic mass is 10.0. The first-order chi connectivity index (χ1) is 16.9. The van der Waals surface area contributed by atoms with Crippen molar-refractivity contribution in [2.24, 2.45) is 5.10 Å². The van der Waals surface area contributed by atoms with E-state index in [0.717, 1.165) is 16.3 Å². The van der Waals surface area contributed by atoms with Crippen molar-refractivity contribution < 1.29 is 19.1 Å². The van der Waals surface area contributed by atoms with Crippen LogP contribution in [0.3, 0.4) is 0 Å². The van der Waals surface area contributed by atoms with E-state index in [1.54, 1.807) is 24.3 Å². The molecule has 176 valence electrons. The summed E-state index contributed by atoms with van der Waals surface area (Å²) in [4.78, 5) is 25.0. The van der Waals surface area contributed by atoms with Gasteiger partial charge in [-0.05, 0) is 54.1 Å². The largest absolute Gasteiger partial charge is 0.484 e. The number of halogens is 2. The molecule has 0 aromatic heterocycles. The van der Waals surface area contributed by atoms with E-state index in [1.807, 2.05) is 49.4 Å². The fraction of sp³-hybridized carbons (Fsp3) is 0.0741. The number of aryl methyl sites for hydroxylation is 1.